The second-order valence-electron chi connectivity index (χ2n) is 3.14. The Morgan fingerprint density at radius 2 is 2.12 bits per heavy atom. The van der Waals surface area contributed by atoms with Crippen molar-refractivity contribution in [1.29, 1.82) is 0 Å². The van der Waals surface area contributed by atoms with Crippen molar-refractivity contribution in [3.8, 4) is 5.75 Å². The van der Waals surface area contributed by atoms with Crippen LogP contribution in [-0.4, -0.2) is 9.97 Å². The van der Waals surface area contributed by atoms with E-state index in [-0.39, 0.29) is 0 Å². The van der Waals surface area contributed by atoms with Gasteiger partial charge in [0, 0.05) is 16.9 Å². The molecule has 0 radical (unpaired) electrons. The highest BCUT2D eigenvalue weighted by atomic mass is 79.9. The lowest BCUT2D eigenvalue weighted by molar-refractivity contribution is 0.302. The smallest absolute Gasteiger partial charge is 0.166 e. The maximum Gasteiger partial charge on any atom is 0.166 e. The fourth-order valence-corrected chi connectivity index (χ4v) is 1.40. The highest BCUT2D eigenvalue weighted by Gasteiger charge is 2.01. The SMILES string of the molecule is Nc1ncccc1OCc1ccc(Br)cn1. The predicted molar refractivity (Wildman–Crippen MR) is 64.9 cm³/mol. The Morgan fingerprint density at radius 3 is 2.81 bits per heavy atom. The zero-order valence-corrected chi connectivity index (χ0v) is 10.0. The third kappa shape index (κ3) is 2.70. The molecule has 0 aliphatic rings. The van der Waals surface area contributed by atoms with E-state index in [1.54, 1.807) is 24.5 Å². The minimum Gasteiger partial charge on any atom is -0.483 e. The van der Waals surface area contributed by atoms with Crippen LogP contribution in [-0.2, 0) is 6.61 Å². The molecule has 0 bridgehead atoms. The summed E-state index contributed by atoms with van der Waals surface area (Å²) in [5.41, 5.74) is 6.48. The summed E-state index contributed by atoms with van der Waals surface area (Å²) in [7, 11) is 0. The van der Waals surface area contributed by atoms with Gasteiger partial charge >= 0.3 is 0 Å². The quantitative estimate of drug-likeness (QED) is 0.937. The second-order valence-corrected chi connectivity index (χ2v) is 4.06. The number of aromatic nitrogens is 2. The van der Waals surface area contributed by atoms with Gasteiger partial charge in [-0.3, -0.25) is 4.98 Å². The summed E-state index contributed by atoms with van der Waals surface area (Å²) in [6, 6.07) is 7.36. The van der Waals surface area contributed by atoms with Gasteiger partial charge in [0.25, 0.3) is 0 Å². The number of ether oxygens (including phenoxy) is 1. The van der Waals surface area contributed by atoms with Crippen LogP contribution in [0.1, 0.15) is 5.69 Å². The molecule has 0 fully saturated rings. The van der Waals surface area contributed by atoms with Crippen molar-refractivity contribution in [1.82, 2.24) is 9.97 Å². The van der Waals surface area contributed by atoms with Crippen LogP contribution in [0.3, 0.4) is 0 Å². The normalized spacial score (nSPS) is 10.1. The number of hydrogen-bond acceptors (Lipinski definition) is 4. The minimum absolute atomic E-state index is 0.378. The number of anilines is 1. The van der Waals surface area contributed by atoms with Gasteiger partial charge in [-0.05, 0) is 40.2 Å². The Morgan fingerprint density at radius 1 is 1.25 bits per heavy atom. The lowest BCUT2D eigenvalue weighted by atomic mass is 10.3. The first-order valence-electron chi connectivity index (χ1n) is 4.69. The molecular weight excluding hydrogens is 270 g/mol. The first-order valence-corrected chi connectivity index (χ1v) is 5.49. The fraction of sp³-hybridized carbons (Fsp3) is 0.0909. The van der Waals surface area contributed by atoms with E-state index < -0.39 is 0 Å². The molecule has 2 rings (SSSR count). The van der Waals surface area contributed by atoms with Crippen LogP contribution < -0.4 is 10.5 Å². The maximum atomic E-state index is 5.64. The highest BCUT2D eigenvalue weighted by Crippen LogP contribution is 2.18. The fourth-order valence-electron chi connectivity index (χ4n) is 1.17. The Bertz CT molecular complexity index is 473. The summed E-state index contributed by atoms with van der Waals surface area (Å²) in [5.74, 6) is 0.965. The molecule has 0 atom stereocenters. The molecule has 82 valence electrons. The molecule has 4 nitrogen and oxygen atoms in total. The standard InChI is InChI=1S/C11H10BrN3O/c12-8-3-4-9(15-6-8)7-16-10-2-1-5-14-11(10)13/h1-6H,7H2,(H2,13,14). The number of halogens is 1. The molecule has 2 N–H and O–H groups in total. The van der Waals surface area contributed by atoms with Gasteiger partial charge in [0.2, 0.25) is 0 Å². The van der Waals surface area contributed by atoms with Crippen molar-refractivity contribution in [3.05, 3.63) is 46.8 Å². The van der Waals surface area contributed by atoms with Crippen molar-refractivity contribution >= 4 is 21.7 Å². The number of rotatable bonds is 3. The summed E-state index contributed by atoms with van der Waals surface area (Å²) in [5, 5.41) is 0. The molecule has 0 spiro atoms. The van der Waals surface area contributed by atoms with Crippen LogP contribution >= 0.6 is 15.9 Å². The van der Waals surface area contributed by atoms with Gasteiger partial charge < -0.3 is 10.5 Å². The van der Waals surface area contributed by atoms with E-state index in [4.69, 9.17) is 10.5 Å². The van der Waals surface area contributed by atoms with Gasteiger partial charge in [0.15, 0.2) is 11.6 Å². The van der Waals surface area contributed by atoms with E-state index in [1.165, 1.54) is 0 Å². The average molecular weight is 280 g/mol. The molecule has 2 aromatic heterocycles. The lowest BCUT2D eigenvalue weighted by Gasteiger charge is -2.06. The van der Waals surface area contributed by atoms with Gasteiger partial charge in [0.1, 0.15) is 6.61 Å². The molecule has 2 aromatic rings. The number of nitrogens with two attached hydrogens (primary N) is 1. The number of nitrogen functional groups attached to an aromatic ring is 1. The third-order valence-electron chi connectivity index (χ3n) is 1.96. The van der Waals surface area contributed by atoms with Gasteiger partial charge in [-0.2, -0.15) is 0 Å². The molecule has 16 heavy (non-hydrogen) atoms. The number of hydrogen-bond donors (Lipinski definition) is 1. The molecule has 5 heteroatoms. The van der Waals surface area contributed by atoms with Crippen molar-refractivity contribution in [2.45, 2.75) is 6.61 Å². The van der Waals surface area contributed by atoms with E-state index in [0.29, 0.717) is 18.2 Å². The first kappa shape index (κ1) is 10.9. The minimum atomic E-state index is 0.378. The molecule has 0 unspecified atom stereocenters. The highest BCUT2D eigenvalue weighted by molar-refractivity contribution is 9.10. The van der Waals surface area contributed by atoms with Crippen molar-refractivity contribution in [2.24, 2.45) is 0 Å². The molecule has 0 aliphatic carbocycles. The summed E-state index contributed by atoms with van der Waals surface area (Å²) in [6.07, 6.45) is 3.35. The zero-order chi connectivity index (χ0) is 11.4. The zero-order valence-electron chi connectivity index (χ0n) is 8.43. The monoisotopic (exact) mass is 279 g/mol. The predicted octanol–water partition coefficient (Wildman–Crippen LogP) is 2.40. The van der Waals surface area contributed by atoms with Gasteiger partial charge in [-0.1, -0.05) is 0 Å². The van der Waals surface area contributed by atoms with Crippen molar-refractivity contribution in [2.75, 3.05) is 5.73 Å². The summed E-state index contributed by atoms with van der Waals surface area (Å²) in [6.45, 7) is 0.378. The molecule has 0 aliphatic heterocycles. The third-order valence-corrected chi connectivity index (χ3v) is 2.43. The largest absolute Gasteiger partial charge is 0.483 e. The summed E-state index contributed by atoms with van der Waals surface area (Å²) < 4.78 is 6.44. The Balaban J connectivity index is 2.02. The molecule has 0 aromatic carbocycles. The van der Waals surface area contributed by atoms with Crippen LogP contribution in [0.4, 0.5) is 5.82 Å². The molecular formula is C11H10BrN3O. The number of pyridine rings is 2. The Kier molecular flexibility index (Phi) is 3.36. The van der Waals surface area contributed by atoms with Crippen molar-refractivity contribution < 1.29 is 4.74 Å². The second kappa shape index (κ2) is 4.94. The molecule has 0 amide bonds. The topological polar surface area (TPSA) is 61.0 Å². The summed E-state index contributed by atoms with van der Waals surface area (Å²) in [4.78, 5) is 8.12. The number of nitrogens with zero attached hydrogens (tertiary/aromatic N) is 2. The van der Waals surface area contributed by atoms with Crippen LogP contribution in [0.15, 0.2) is 41.1 Å². The van der Waals surface area contributed by atoms with Gasteiger partial charge in [-0.25, -0.2) is 4.98 Å². The Labute approximate surface area is 102 Å². The van der Waals surface area contributed by atoms with Crippen LogP contribution in [0.2, 0.25) is 0 Å². The van der Waals surface area contributed by atoms with Gasteiger partial charge in [0.05, 0.1) is 5.69 Å². The lowest BCUT2D eigenvalue weighted by Crippen LogP contribution is -2.01. The van der Waals surface area contributed by atoms with E-state index in [2.05, 4.69) is 25.9 Å². The first-order chi connectivity index (χ1) is 7.75. The van der Waals surface area contributed by atoms with E-state index >= 15 is 0 Å². The van der Waals surface area contributed by atoms with E-state index in [1.807, 2.05) is 12.1 Å². The van der Waals surface area contributed by atoms with Crippen LogP contribution in [0.5, 0.6) is 5.75 Å². The maximum absolute atomic E-state index is 5.64. The van der Waals surface area contributed by atoms with E-state index in [0.717, 1.165) is 10.2 Å². The van der Waals surface area contributed by atoms with Crippen molar-refractivity contribution in [3.63, 3.8) is 0 Å². The molecule has 2 heterocycles. The van der Waals surface area contributed by atoms with E-state index in [9.17, 15) is 0 Å². The van der Waals surface area contributed by atoms with Gasteiger partial charge in [-0.15, -0.1) is 0 Å². The van der Waals surface area contributed by atoms with Crippen LogP contribution in [0, 0.1) is 0 Å². The molecule has 0 saturated heterocycles. The Hall–Kier alpha value is -1.62. The summed E-state index contributed by atoms with van der Waals surface area (Å²) >= 11 is 3.32. The van der Waals surface area contributed by atoms with Crippen LogP contribution in [0.25, 0.3) is 0 Å². The average Bonchev–Trinajstić information content (AvgIpc) is 2.30. The molecule has 0 saturated carbocycles.